The molecule has 1 aromatic rings. The molecule has 0 spiro atoms. The third-order valence-corrected chi connectivity index (χ3v) is 6.78. The summed E-state index contributed by atoms with van der Waals surface area (Å²) in [5, 5.41) is 0. The van der Waals surface area contributed by atoms with E-state index in [4.69, 9.17) is 15.2 Å². The number of nitrogens with two attached hydrogens (primary N) is 1. The molecular weight excluding hydrogens is 374 g/mol. The molecule has 4 heteroatoms. The first-order valence-corrected chi connectivity index (χ1v) is 11.6. The first-order valence-electron chi connectivity index (χ1n) is 11.6. The monoisotopic (exact) mass is 413 g/mol. The summed E-state index contributed by atoms with van der Waals surface area (Å²) in [6, 6.07) is 3.58. The highest BCUT2D eigenvalue weighted by atomic mass is 16.5. The topological polar surface area (TPSA) is 61.5 Å². The minimum absolute atomic E-state index is 0.0285. The van der Waals surface area contributed by atoms with Gasteiger partial charge in [-0.3, -0.25) is 0 Å². The van der Waals surface area contributed by atoms with E-state index >= 15 is 0 Å². The number of hydrogen-bond donors (Lipinski definition) is 1. The van der Waals surface area contributed by atoms with Gasteiger partial charge in [-0.05, 0) is 70.1 Å². The van der Waals surface area contributed by atoms with Crippen molar-refractivity contribution < 1.29 is 14.3 Å². The fraction of sp³-hybridized carbons (Fsp3) is 0.654. The van der Waals surface area contributed by atoms with Crippen LogP contribution < -0.4 is 15.2 Å². The highest BCUT2D eigenvalue weighted by Gasteiger charge is 2.45. The van der Waals surface area contributed by atoms with Crippen LogP contribution in [-0.2, 0) is 11.2 Å². The number of aryl methyl sites for hydroxylation is 1. The molecule has 0 bridgehead atoms. The minimum atomic E-state index is -0.634. The van der Waals surface area contributed by atoms with E-state index in [1.54, 1.807) is 0 Å². The molecular formula is C26H39NO3. The van der Waals surface area contributed by atoms with Crippen molar-refractivity contribution in [3.8, 4) is 11.5 Å². The molecule has 0 radical (unpaired) electrons. The van der Waals surface area contributed by atoms with Gasteiger partial charge in [-0.2, -0.15) is 0 Å². The first-order chi connectivity index (χ1) is 14.1. The van der Waals surface area contributed by atoms with Gasteiger partial charge in [0.05, 0.1) is 0 Å². The Hall–Kier alpha value is -1.81. The predicted octanol–water partition coefficient (Wildman–Crippen LogP) is 5.92. The zero-order valence-electron chi connectivity index (χ0n) is 19.6. The largest absolute Gasteiger partial charge is 0.487 e. The number of carbonyl (C=O) groups is 1. The van der Waals surface area contributed by atoms with Crippen LogP contribution in [-0.4, -0.2) is 17.6 Å². The second kappa shape index (κ2) is 9.13. The molecule has 0 fully saturated rings. The van der Waals surface area contributed by atoms with Crippen molar-refractivity contribution in [3.05, 3.63) is 34.9 Å². The molecule has 0 saturated heterocycles. The molecule has 1 aromatic carbocycles. The predicted molar refractivity (Wildman–Crippen MR) is 122 cm³/mol. The van der Waals surface area contributed by atoms with E-state index < -0.39 is 6.04 Å². The minimum Gasteiger partial charge on any atom is -0.487 e. The summed E-state index contributed by atoms with van der Waals surface area (Å²) < 4.78 is 12.5. The maximum absolute atomic E-state index is 12.8. The number of esters is 1. The summed E-state index contributed by atoms with van der Waals surface area (Å²) in [4.78, 5) is 12.8. The number of hydrogen-bond acceptors (Lipinski definition) is 4. The van der Waals surface area contributed by atoms with Crippen molar-refractivity contribution in [1.82, 2.24) is 0 Å². The first kappa shape index (κ1) is 22.9. The molecule has 2 aliphatic rings. The number of carbonyl (C=O) groups excluding carboxylic acids is 1. The number of unbranched alkanes of at least 4 members (excludes halogenated alkanes) is 2. The highest BCUT2D eigenvalue weighted by Crippen LogP contribution is 2.53. The lowest BCUT2D eigenvalue weighted by atomic mass is 9.68. The molecule has 1 heterocycles. The van der Waals surface area contributed by atoms with Crippen LogP contribution in [0.25, 0.3) is 0 Å². The van der Waals surface area contributed by atoms with Gasteiger partial charge in [0.25, 0.3) is 0 Å². The van der Waals surface area contributed by atoms with Crippen molar-refractivity contribution in [3.63, 3.8) is 0 Å². The van der Waals surface area contributed by atoms with Gasteiger partial charge in [0, 0.05) is 17.4 Å². The van der Waals surface area contributed by atoms with E-state index in [2.05, 4.69) is 45.9 Å². The maximum Gasteiger partial charge on any atom is 0.328 e. The molecule has 2 N–H and O–H groups in total. The Kier molecular flexibility index (Phi) is 6.96. The number of fused-ring (bicyclic) bond motifs is 3. The summed E-state index contributed by atoms with van der Waals surface area (Å²) in [6.45, 7) is 12.7. The van der Waals surface area contributed by atoms with Crippen molar-refractivity contribution in [2.45, 2.75) is 97.6 Å². The molecule has 3 atom stereocenters. The zero-order chi connectivity index (χ0) is 22.1. The van der Waals surface area contributed by atoms with Crippen LogP contribution in [0.2, 0.25) is 0 Å². The van der Waals surface area contributed by atoms with E-state index in [-0.39, 0.29) is 23.4 Å². The Labute approximate surface area is 182 Å². The molecule has 4 nitrogen and oxygen atoms in total. The molecule has 30 heavy (non-hydrogen) atoms. The Bertz CT molecular complexity index is 809. The zero-order valence-corrected chi connectivity index (χ0v) is 19.6. The van der Waals surface area contributed by atoms with E-state index in [1.807, 2.05) is 13.8 Å². The summed E-state index contributed by atoms with van der Waals surface area (Å²) in [5.41, 5.74) is 9.41. The molecule has 1 aliphatic heterocycles. The van der Waals surface area contributed by atoms with E-state index in [0.29, 0.717) is 11.7 Å². The van der Waals surface area contributed by atoms with Crippen LogP contribution in [0.5, 0.6) is 11.5 Å². The number of allylic oxidation sites excluding steroid dienone is 2. The third kappa shape index (κ3) is 4.74. The summed E-state index contributed by atoms with van der Waals surface area (Å²) in [6.07, 6.45) is 8.95. The quantitative estimate of drug-likeness (QED) is 0.261. The Balaban J connectivity index is 2.06. The van der Waals surface area contributed by atoms with Crippen LogP contribution in [0.4, 0.5) is 0 Å². The second-order valence-electron chi connectivity index (χ2n) is 10.0. The van der Waals surface area contributed by atoms with Crippen molar-refractivity contribution in [1.29, 1.82) is 0 Å². The van der Waals surface area contributed by atoms with Gasteiger partial charge < -0.3 is 15.2 Å². The SMILES string of the molecule is CCCCCc1cc(OC(=O)C(N)C(C)C)c2c(c1)OC(C)(C)C1CCC(C)=CC21. The van der Waals surface area contributed by atoms with E-state index in [1.165, 1.54) is 18.4 Å². The molecule has 166 valence electrons. The lowest BCUT2D eigenvalue weighted by molar-refractivity contribution is -0.136. The molecule has 3 rings (SSSR count). The maximum atomic E-state index is 12.8. The van der Waals surface area contributed by atoms with Crippen molar-refractivity contribution in [2.75, 3.05) is 0 Å². The van der Waals surface area contributed by atoms with Crippen molar-refractivity contribution >= 4 is 5.97 Å². The van der Waals surface area contributed by atoms with Crippen molar-refractivity contribution in [2.24, 2.45) is 17.6 Å². The number of ether oxygens (including phenoxy) is 2. The van der Waals surface area contributed by atoms with Crippen LogP contribution >= 0.6 is 0 Å². The summed E-state index contributed by atoms with van der Waals surface area (Å²) in [5.74, 6) is 1.71. The smallest absolute Gasteiger partial charge is 0.328 e. The van der Waals surface area contributed by atoms with Crippen LogP contribution in [0.1, 0.15) is 90.7 Å². The highest BCUT2D eigenvalue weighted by molar-refractivity contribution is 5.79. The average molecular weight is 414 g/mol. The molecule has 0 saturated carbocycles. The van der Waals surface area contributed by atoms with Gasteiger partial charge in [0.1, 0.15) is 23.1 Å². The van der Waals surface area contributed by atoms with E-state index in [9.17, 15) is 4.79 Å². The van der Waals surface area contributed by atoms with Gasteiger partial charge in [-0.25, -0.2) is 4.79 Å². The Morgan fingerprint density at radius 3 is 2.70 bits per heavy atom. The van der Waals surface area contributed by atoms with Gasteiger partial charge in [0.15, 0.2) is 0 Å². The molecule has 1 aliphatic carbocycles. The molecule has 3 unspecified atom stereocenters. The number of rotatable bonds is 7. The number of benzene rings is 1. The van der Waals surface area contributed by atoms with Crippen LogP contribution in [0.15, 0.2) is 23.8 Å². The summed E-state index contributed by atoms with van der Waals surface area (Å²) >= 11 is 0. The van der Waals surface area contributed by atoms with Crippen LogP contribution in [0.3, 0.4) is 0 Å². The molecule has 0 aromatic heterocycles. The Morgan fingerprint density at radius 2 is 2.03 bits per heavy atom. The van der Waals surface area contributed by atoms with Gasteiger partial charge >= 0.3 is 5.97 Å². The fourth-order valence-corrected chi connectivity index (χ4v) is 4.82. The van der Waals surface area contributed by atoms with Gasteiger partial charge in [-0.15, -0.1) is 0 Å². The lowest BCUT2D eigenvalue weighted by Crippen LogP contribution is -2.45. The molecule has 0 amide bonds. The normalized spacial score (nSPS) is 23.1. The van der Waals surface area contributed by atoms with E-state index in [0.717, 1.165) is 42.6 Å². The Morgan fingerprint density at radius 1 is 1.30 bits per heavy atom. The van der Waals surface area contributed by atoms with Gasteiger partial charge in [0.2, 0.25) is 0 Å². The third-order valence-electron chi connectivity index (χ3n) is 6.78. The van der Waals surface area contributed by atoms with Gasteiger partial charge in [-0.1, -0.05) is 45.3 Å². The lowest BCUT2D eigenvalue weighted by Gasteiger charge is -2.46. The fourth-order valence-electron chi connectivity index (χ4n) is 4.82. The average Bonchev–Trinajstić information content (AvgIpc) is 2.66. The standard InChI is InChI=1S/C26H39NO3/c1-7-8-9-10-18-14-21(29-25(28)24(27)16(2)3)23-19-13-17(4)11-12-20(19)26(5,6)30-22(23)15-18/h13-16,19-20,24H,7-12,27H2,1-6H3. The summed E-state index contributed by atoms with van der Waals surface area (Å²) in [7, 11) is 0. The van der Waals surface area contributed by atoms with Crippen LogP contribution in [0, 0.1) is 11.8 Å². The second-order valence-corrected chi connectivity index (χ2v) is 10.0.